The number of hydrogen-bond acceptors (Lipinski definition) is 3. The van der Waals surface area contributed by atoms with Crippen LogP contribution in [0.3, 0.4) is 0 Å². The second-order valence-electron chi connectivity index (χ2n) is 4.51. The lowest BCUT2D eigenvalue weighted by atomic mass is 9.97. The highest BCUT2D eigenvalue weighted by Gasteiger charge is 2.16. The van der Waals surface area contributed by atoms with E-state index in [0.717, 1.165) is 0 Å². The summed E-state index contributed by atoms with van der Waals surface area (Å²) in [7, 11) is 0. The minimum atomic E-state index is -1.07. The molecule has 0 fully saturated rings. The van der Waals surface area contributed by atoms with Crippen LogP contribution in [0.15, 0.2) is 15.0 Å². The van der Waals surface area contributed by atoms with Crippen molar-refractivity contribution in [2.75, 3.05) is 11.9 Å². The van der Waals surface area contributed by atoms with E-state index in [-0.39, 0.29) is 11.2 Å². The van der Waals surface area contributed by atoms with Crippen molar-refractivity contribution in [1.29, 1.82) is 0 Å². The van der Waals surface area contributed by atoms with Crippen LogP contribution in [0.2, 0.25) is 0 Å². The van der Waals surface area contributed by atoms with E-state index in [1.165, 1.54) is 6.07 Å². The first-order chi connectivity index (χ1) is 6.79. The summed E-state index contributed by atoms with van der Waals surface area (Å²) in [4.78, 5) is 10.6. The molecule has 5 heteroatoms. The van der Waals surface area contributed by atoms with Gasteiger partial charge in [0.1, 0.15) is 0 Å². The predicted octanol–water partition coefficient (Wildman–Crippen LogP) is 3.20. The Bertz CT molecular complexity index is 365. The van der Waals surface area contributed by atoms with E-state index >= 15 is 0 Å². The van der Waals surface area contributed by atoms with Crippen LogP contribution in [0.25, 0.3) is 0 Å². The van der Waals surface area contributed by atoms with Crippen LogP contribution in [0.1, 0.15) is 31.3 Å². The summed E-state index contributed by atoms with van der Waals surface area (Å²) in [5, 5.41) is 11.8. The lowest BCUT2D eigenvalue weighted by Crippen LogP contribution is -2.18. The van der Waals surface area contributed by atoms with Gasteiger partial charge in [0.05, 0.1) is 4.47 Å². The summed E-state index contributed by atoms with van der Waals surface area (Å²) in [6.45, 7) is 6.94. The molecule has 0 aliphatic rings. The highest BCUT2D eigenvalue weighted by atomic mass is 79.9. The lowest BCUT2D eigenvalue weighted by Gasteiger charge is -2.18. The molecule has 1 rings (SSSR count). The molecule has 0 atom stereocenters. The quantitative estimate of drug-likeness (QED) is 0.889. The highest BCUT2D eigenvalue weighted by Crippen LogP contribution is 2.27. The molecule has 84 valence electrons. The molecule has 4 nitrogen and oxygen atoms in total. The fourth-order valence-electron chi connectivity index (χ4n) is 0.940. The van der Waals surface area contributed by atoms with Crippen molar-refractivity contribution in [3.63, 3.8) is 0 Å². The molecule has 1 heterocycles. The van der Waals surface area contributed by atoms with Crippen LogP contribution in [0, 0.1) is 5.41 Å². The maximum atomic E-state index is 10.6. The van der Waals surface area contributed by atoms with Crippen LogP contribution in [0.4, 0.5) is 5.88 Å². The lowest BCUT2D eigenvalue weighted by molar-refractivity contribution is 0.0663. The normalized spacial score (nSPS) is 11.5. The minimum absolute atomic E-state index is 0.0710. The number of furan rings is 1. The second-order valence-corrected chi connectivity index (χ2v) is 5.36. The third-order valence-corrected chi connectivity index (χ3v) is 2.27. The van der Waals surface area contributed by atoms with Gasteiger partial charge in [0, 0.05) is 12.6 Å². The molecule has 1 aromatic heterocycles. The van der Waals surface area contributed by atoms with Gasteiger partial charge in [0.2, 0.25) is 11.6 Å². The predicted molar refractivity (Wildman–Crippen MR) is 61.3 cm³/mol. The number of carbonyl (C=O) groups is 1. The van der Waals surface area contributed by atoms with Gasteiger partial charge in [-0.2, -0.15) is 0 Å². The van der Waals surface area contributed by atoms with E-state index in [0.29, 0.717) is 16.9 Å². The van der Waals surface area contributed by atoms with Crippen molar-refractivity contribution >= 4 is 27.8 Å². The average Bonchev–Trinajstić information content (AvgIpc) is 2.42. The Morgan fingerprint density at radius 1 is 1.60 bits per heavy atom. The molecule has 0 aliphatic heterocycles. The van der Waals surface area contributed by atoms with Crippen molar-refractivity contribution in [3.8, 4) is 0 Å². The summed E-state index contributed by atoms with van der Waals surface area (Å²) < 4.78 is 5.74. The monoisotopic (exact) mass is 275 g/mol. The summed E-state index contributed by atoms with van der Waals surface area (Å²) >= 11 is 3.23. The summed E-state index contributed by atoms with van der Waals surface area (Å²) in [5.74, 6) is -0.680. The van der Waals surface area contributed by atoms with Gasteiger partial charge in [-0.3, -0.25) is 0 Å². The number of anilines is 1. The molecule has 0 spiro atoms. The number of halogens is 1. The summed E-state index contributed by atoms with van der Waals surface area (Å²) in [5.41, 5.74) is 0.107. The first-order valence-electron chi connectivity index (χ1n) is 4.56. The third-order valence-electron chi connectivity index (χ3n) is 1.68. The van der Waals surface area contributed by atoms with Gasteiger partial charge < -0.3 is 14.8 Å². The van der Waals surface area contributed by atoms with Gasteiger partial charge in [-0.05, 0) is 21.3 Å². The van der Waals surface area contributed by atoms with Crippen LogP contribution in [-0.4, -0.2) is 17.6 Å². The molecule has 0 amide bonds. The number of carboxylic acid groups (broad SMARTS) is 1. The maximum Gasteiger partial charge on any atom is 0.371 e. The first-order valence-corrected chi connectivity index (χ1v) is 5.35. The van der Waals surface area contributed by atoms with Crippen molar-refractivity contribution in [2.45, 2.75) is 20.8 Å². The van der Waals surface area contributed by atoms with E-state index in [2.05, 4.69) is 42.0 Å². The van der Waals surface area contributed by atoms with Gasteiger partial charge in [-0.1, -0.05) is 20.8 Å². The van der Waals surface area contributed by atoms with Crippen molar-refractivity contribution in [2.24, 2.45) is 5.41 Å². The molecule has 2 N–H and O–H groups in total. The minimum Gasteiger partial charge on any atom is -0.475 e. The Labute approximate surface area is 96.8 Å². The molecule has 15 heavy (non-hydrogen) atoms. The molecule has 0 radical (unpaired) electrons. The van der Waals surface area contributed by atoms with Gasteiger partial charge >= 0.3 is 5.97 Å². The zero-order valence-corrected chi connectivity index (χ0v) is 10.5. The largest absolute Gasteiger partial charge is 0.475 e. The molecule has 0 saturated heterocycles. The molecule has 0 bridgehead atoms. The van der Waals surface area contributed by atoms with E-state index in [4.69, 9.17) is 9.52 Å². The molecule has 1 aromatic rings. The molecular weight excluding hydrogens is 262 g/mol. The Kier molecular flexibility index (Phi) is 3.44. The molecule has 0 aliphatic carbocycles. The van der Waals surface area contributed by atoms with Gasteiger partial charge in [-0.25, -0.2) is 4.79 Å². The number of aromatic carboxylic acids is 1. The number of rotatable bonds is 3. The zero-order chi connectivity index (χ0) is 11.6. The zero-order valence-electron chi connectivity index (χ0n) is 8.93. The van der Waals surface area contributed by atoms with Crippen LogP contribution < -0.4 is 5.32 Å². The Morgan fingerprint density at radius 3 is 2.60 bits per heavy atom. The SMILES string of the molecule is CC(C)(C)CNc1oc(C(=O)O)cc1Br. The van der Waals surface area contributed by atoms with E-state index < -0.39 is 5.97 Å². The average molecular weight is 276 g/mol. The second kappa shape index (κ2) is 4.26. The van der Waals surface area contributed by atoms with Crippen LogP contribution in [-0.2, 0) is 0 Å². The fourth-order valence-corrected chi connectivity index (χ4v) is 1.37. The first kappa shape index (κ1) is 12.1. The highest BCUT2D eigenvalue weighted by molar-refractivity contribution is 9.10. The number of nitrogens with one attached hydrogen (secondary N) is 1. The van der Waals surface area contributed by atoms with E-state index in [1.807, 2.05) is 0 Å². The van der Waals surface area contributed by atoms with Crippen molar-refractivity contribution < 1.29 is 14.3 Å². The van der Waals surface area contributed by atoms with Gasteiger partial charge in [0.15, 0.2) is 0 Å². The fraction of sp³-hybridized carbons (Fsp3) is 0.500. The van der Waals surface area contributed by atoms with Crippen LogP contribution >= 0.6 is 15.9 Å². The third kappa shape index (κ3) is 3.58. The maximum absolute atomic E-state index is 10.6. The molecule has 0 aromatic carbocycles. The Morgan fingerprint density at radius 2 is 2.20 bits per heavy atom. The van der Waals surface area contributed by atoms with E-state index in [9.17, 15) is 4.79 Å². The number of carboxylic acids is 1. The van der Waals surface area contributed by atoms with Crippen molar-refractivity contribution in [1.82, 2.24) is 0 Å². The van der Waals surface area contributed by atoms with E-state index in [1.54, 1.807) is 0 Å². The number of hydrogen-bond donors (Lipinski definition) is 2. The summed E-state index contributed by atoms with van der Waals surface area (Å²) in [6, 6.07) is 1.44. The van der Waals surface area contributed by atoms with Gasteiger partial charge in [0.25, 0.3) is 0 Å². The molecule has 0 unspecified atom stereocenters. The smallest absolute Gasteiger partial charge is 0.371 e. The van der Waals surface area contributed by atoms with Gasteiger partial charge in [-0.15, -0.1) is 0 Å². The Balaban J connectivity index is 2.74. The standard InChI is InChI=1S/C10H14BrNO3/c1-10(2,3)5-12-8-6(11)4-7(15-8)9(13)14/h4,12H,5H2,1-3H3,(H,13,14). The Hall–Kier alpha value is -0.970. The van der Waals surface area contributed by atoms with Crippen LogP contribution in [0.5, 0.6) is 0 Å². The molecular formula is C10H14BrNO3. The van der Waals surface area contributed by atoms with Crippen molar-refractivity contribution in [3.05, 3.63) is 16.3 Å². The topological polar surface area (TPSA) is 62.5 Å². The molecule has 0 saturated carbocycles. The summed E-state index contributed by atoms with van der Waals surface area (Å²) in [6.07, 6.45) is 0.